The molecule has 3 unspecified atom stereocenters. The first-order chi connectivity index (χ1) is 12.7. The first-order valence-corrected chi connectivity index (χ1v) is 9.47. The highest BCUT2D eigenvalue weighted by atomic mass is 35.5. The van der Waals surface area contributed by atoms with Crippen LogP contribution in [0.4, 0.5) is 0 Å². The molecule has 0 spiro atoms. The van der Waals surface area contributed by atoms with Crippen LogP contribution in [-0.4, -0.2) is 43.8 Å². The van der Waals surface area contributed by atoms with Crippen LogP contribution in [-0.2, 0) is 25.5 Å². The lowest BCUT2D eigenvalue weighted by Gasteiger charge is -2.57. The van der Waals surface area contributed by atoms with Crippen LogP contribution in [0.5, 0.6) is 0 Å². The number of hydrogen-bond donors (Lipinski definition) is 2. The third-order valence-electron chi connectivity index (χ3n) is 5.84. The molecular weight excluding hydrogens is 380 g/mol. The van der Waals surface area contributed by atoms with E-state index in [4.69, 9.17) is 15.2 Å². The van der Waals surface area contributed by atoms with Gasteiger partial charge in [-0.15, -0.1) is 12.4 Å². The number of methoxy groups -OCH3 is 1. The maximum absolute atomic E-state index is 12.8. The van der Waals surface area contributed by atoms with Crippen LogP contribution in [0.25, 0.3) is 0 Å². The Kier molecular flexibility index (Phi) is 8.47. The molecule has 1 aromatic carbocycles. The van der Waals surface area contributed by atoms with Gasteiger partial charge >= 0.3 is 5.97 Å². The average molecular weight is 413 g/mol. The lowest BCUT2D eigenvalue weighted by Crippen LogP contribution is -2.76. The van der Waals surface area contributed by atoms with E-state index in [-0.39, 0.29) is 36.9 Å². The summed E-state index contributed by atoms with van der Waals surface area (Å²) in [5.74, 6) is -1.06. The first kappa shape index (κ1) is 24.4. The number of halogens is 1. The van der Waals surface area contributed by atoms with Gasteiger partial charge in [0.2, 0.25) is 5.91 Å². The Morgan fingerprint density at radius 3 is 2.57 bits per heavy atom. The number of nitrogens with one attached hydrogen (secondary N) is 1. The Morgan fingerprint density at radius 1 is 1.36 bits per heavy atom. The van der Waals surface area contributed by atoms with E-state index in [1.807, 2.05) is 52.0 Å². The molecular formula is C21H33ClN2O4. The van der Waals surface area contributed by atoms with Gasteiger partial charge in [0.1, 0.15) is 5.54 Å². The maximum Gasteiger partial charge on any atom is 0.310 e. The van der Waals surface area contributed by atoms with Crippen LogP contribution >= 0.6 is 12.4 Å². The molecule has 2 rings (SSSR count). The number of benzene rings is 1. The largest absolute Gasteiger partial charge is 0.469 e. The van der Waals surface area contributed by atoms with E-state index in [1.165, 1.54) is 7.11 Å². The van der Waals surface area contributed by atoms with Crippen LogP contribution < -0.4 is 11.1 Å². The van der Waals surface area contributed by atoms with E-state index in [2.05, 4.69) is 5.32 Å². The summed E-state index contributed by atoms with van der Waals surface area (Å²) in [5.41, 5.74) is 7.09. The summed E-state index contributed by atoms with van der Waals surface area (Å²) in [6.07, 6.45) is 0.930. The Bertz CT molecular complexity index is 695. The number of carbonyl (C=O) groups excluding carboxylic acids is 2. The van der Waals surface area contributed by atoms with Gasteiger partial charge in [-0.2, -0.15) is 0 Å². The molecule has 3 atom stereocenters. The van der Waals surface area contributed by atoms with Crippen molar-refractivity contribution in [3.63, 3.8) is 0 Å². The Balaban J connectivity index is 0.00000392. The fraction of sp³-hybridized carbons (Fsp3) is 0.619. The standard InChI is InChI=1S/C21H32N2O4.ClH/c1-6-27-17-12-21(22,20(17,3)4)19(25)23-13-16(18(24)26-5)11-15-9-7-8-14(2)10-15;/h7-10,16-17H,6,11-13,22H2,1-5H3,(H,23,25);1H. The fourth-order valence-electron chi connectivity index (χ4n) is 3.72. The Morgan fingerprint density at radius 2 is 2.04 bits per heavy atom. The summed E-state index contributed by atoms with van der Waals surface area (Å²) in [7, 11) is 1.36. The van der Waals surface area contributed by atoms with Crippen molar-refractivity contribution >= 4 is 24.3 Å². The van der Waals surface area contributed by atoms with Gasteiger partial charge in [0.15, 0.2) is 0 Å². The van der Waals surface area contributed by atoms with E-state index >= 15 is 0 Å². The topological polar surface area (TPSA) is 90.6 Å². The zero-order chi connectivity index (χ0) is 20.2. The molecule has 1 saturated carbocycles. The van der Waals surface area contributed by atoms with E-state index in [9.17, 15) is 9.59 Å². The monoisotopic (exact) mass is 412 g/mol. The normalized spacial score (nSPS) is 23.7. The molecule has 0 radical (unpaired) electrons. The molecule has 1 aromatic rings. The maximum atomic E-state index is 12.8. The van der Waals surface area contributed by atoms with E-state index in [0.717, 1.165) is 11.1 Å². The second-order valence-electron chi connectivity index (χ2n) is 7.96. The zero-order valence-electron chi connectivity index (χ0n) is 17.4. The van der Waals surface area contributed by atoms with Crippen molar-refractivity contribution in [3.05, 3.63) is 35.4 Å². The third-order valence-corrected chi connectivity index (χ3v) is 5.84. The molecule has 0 saturated heterocycles. The molecule has 1 amide bonds. The van der Waals surface area contributed by atoms with Crippen molar-refractivity contribution in [2.24, 2.45) is 17.1 Å². The highest BCUT2D eigenvalue weighted by Gasteiger charge is 2.62. The molecule has 28 heavy (non-hydrogen) atoms. The molecule has 1 aliphatic rings. The first-order valence-electron chi connectivity index (χ1n) is 9.47. The molecule has 1 fully saturated rings. The van der Waals surface area contributed by atoms with E-state index < -0.39 is 16.9 Å². The summed E-state index contributed by atoms with van der Waals surface area (Å²) in [6.45, 7) is 8.60. The van der Waals surface area contributed by atoms with Crippen LogP contribution in [0.1, 0.15) is 38.3 Å². The molecule has 158 valence electrons. The second kappa shape index (κ2) is 9.72. The van der Waals surface area contributed by atoms with Gasteiger partial charge < -0.3 is 20.5 Å². The summed E-state index contributed by atoms with van der Waals surface area (Å²) in [5, 5.41) is 2.87. The lowest BCUT2D eigenvalue weighted by atomic mass is 9.54. The number of rotatable bonds is 8. The highest BCUT2D eigenvalue weighted by Crippen LogP contribution is 2.49. The summed E-state index contributed by atoms with van der Waals surface area (Å²) in [6, 6.07) is 7.96. The Hall–Kier alpha value is -1.63. The third kappa shape index (κ3) is 4.85. The molecule has 0 heterocycles. The molecule has 0 aliphatic heterocycles. The van der Waals surface area contributed by atoms with Gasteiger partial charge in [0, 0.05) is 25.0 Å². The summed E-state index contributed by atoms with van der Waals surface area (Å²) in [4.78, 5) is 25.0. The highest BCUT2D eigenvalue weighted by molar-refractivity contribution is 5.89. The van der Waals surface area contributed by atoms with Crippen molar-refractivity contribution in [2.45, 2.75) is 52.2 Å². The number of nitrogens with two attached hydrogens (primary N) is 1. The van der Waals surface area contributed by atoms with Gasteiger partial charge in [-0.05, 0) is 25.8 Å². The van der Waals surface area contributed by atoms with E-state index in [1.54, 1.807) is 0 Å². The van der Waals surface area contributed by atoms with Gasteiger partial charge in [0.25, 0.3) is 0 Å². The minimum Gasteiger partial charge on any atom is -0.469 e. The van der Waals surface area contributed by atoms with Crippen molar-refractivity contribution in [1.29, 1.82) is 0 Å². The second-order valence-corrected chi connectivity index (χ2v) is 7.96. The predicted molar refractivity (Wildman–Crippen MR) is 111 cm³/mol. The number of amides is 1. The molecule has 0 bridgehead atoms. The van der Waals surface area contributed by atoms with Gasteiger partial charge in [-0.25, -0.2) is 0 Å². The zero-order valence-corrected chi connectivity index (χ0v) is 18.2. The fourth-order valence-corrected chi connectivity index (χ4v) is 3.72. The van der Waals surface area contributed by atoms with Gasteiger partial charge in [0.05, 0.1) is 19.1 Å². The smallest absolute Gasteiger partial charge is 0.310 e. The SMILES string of the molecule is CCOC1CC(N)(C(=O)NCC(Cc2cccc(C)c2)C(=O)OC)C1(C)C.Cl. The number of ether oxygens (including phenoxy) is 2. The molecule has 7 heteroatoms. The minimum absolute atomic E-state index is 0. The number of hydrogen-bond acceptors (Lipinski definition) is 5. The van der Waals surface area contributed by atoms with Crippen molar-refractivity contribution in [3.8, 4) is 0 Å². The van der Waals surface area contributed by atoms with Crippen LogP contribution in [0.15, 0.2) is 24.3 Å². The van der Waals surface area contributed by atoms with E-state index in [0.29, 0.717) is 19.4 Å². The average Bonchev–Trinajstić information content (AvgIpc) is 2.63. The van der Waals surface area contributed by atoms with Crippen molar-refractivity contribution < 1.29 is 19.1 Å². The summed E-state index contributed by atoms with van der Waals surface area (Å²) < 4.78 is 10.6. The quantitative estimate of drug-likeness (QED) is 0.640. The van der Waals surface area contributed by atoms with Gasteiger partial charge in [-0.3, -0.25) is 9.59 Å². The predicted octanol–water partition coefficient (Wildman–Crippen LogP) is 2.40. The lowest BCUT2D eigenvalue weighted by molar-refractivity contribution is -0.170. The molecule has 0 aromatic heterocycles. The van der Waals surface area contributed by atoms with Crippen LogP contribution in [0.3, 0.4) is 0 Å². The van der Waals surface area contributed by atoms with Crippen molar-refractivity contribution in [1.82, 2.24) is 5.32 Å². The molecule has 1 aliphatic carbocycles. The van der Waals surface area contributed by atoms with Crippen LogP contribution in [0.2, 0.25) is 0 Å². The summed E-state index contributed by atoms with van der Waals surface area (Å²) >= 11 is 0. The van der Waals surface area contributed by atoms with Gasteiger partial charge in [-0.1, -0.05) is 43.7 Å². The molecule has 6 nitrogen and oxygen atoms in total. The van der Waals surface area contributed by atoms with Crippen LogP contribution in [0, 0.1) is 18.3 Å². The number of esters is 1. The van der Waals surface area contributed by atoms with Crippen molar-refractivity contribution in [2.75, 3.05) is 20.3 Å². The Labute approximate surface area is 173 Å². The minimum atomic E-state index is -1.00. The number of carbonyl (C=O) groups is 2. The molecule has 3 N–H and O–H groups in total. The number of aryl methyl sites for hydroxylation is 1.